The van der Waals surface area contributed by atoms with E-state index in [-0.39, 0.29) is 50.2 Å². The summed E-state index contributed by atoms with van der Waals surface area (Å²) in [6.07, 6.45) is 18.8. The molecule has 11 heteroatoms. The van der Waals surface area contributed by atoms with Crippen LogP contribution in [0.1, 0.15) is 143 Å². The topological polar surface area (TPSA) is 121 Å². The second-order valence-corrected chi connectivity index (χ2v) is 25.0. The van der Waals surface area contributed by atoms with Gasteiger partial charge in [-0.05, 0) is 64.0 Å². The zero-order valence-corrected chi connectivity index (χ0v) is 36.4. The first-order chi connectivity index (χ1) is 24.2. The number of hydrogen-bond acceptors (Lipinski definition) is 9. The molecule has 0 amide bonds. The molecular formula is C40H82O9Si2. The molecule has 0 aliphatic carbocycles. The van der Waals surface area contributed by atoms with Crippen LogP contribution in [0.2, 0.25) is 38.3 Å². The standard InChI is InChI=1S/C40H82O9Si2/c1-9-11-13-15-17-19-21-25-35(3)39(43)47-33-37(41)31-45-27-23-29-50(5,6)49-51(7,8)30-24-28-46-32-38(42)34-48-40(44)36(4)26-22-20-18-16-14-12-10-2/h35-38,41-42H,9-34H2,1-8H3. The van der Waals surface area contributed by atoms with Gasteiger partial charge in [0, 0.05) is 13.2 Å². The Morgan fingerprint density at radius 3 is 1.20 bits per heavy atom. The molecule has 9 nitrogen and oxygen atoms in total. The van der Waals surface area contributed by atoms with Crippen molar-refractivity contribution in [3.05, 3.63) is 0 Å². The number of aliphatic hydroxyl groups is 2. The number of aliphatic hydroxyl groups excluding tert-OH is 2. The molecule has 0 aliphatic rings. The van der Waals surface area contributed by atoms with Gasteiger partial charge < -0.3 is 33.3 Å². The summed E-state index contributed by atoms with van der Waals surface area (Å²) in [5, 5.41) is 20.5. The summed E-state index contributed by atoms with van der Waals surface area (Å²) >= 11 is 0. The van der Waals surface area contributed by atoms with Crippen LogP contribution in [0.4, 0.5) is 0 Å². The minimum Gasteiger partial charge on any atom is -0.463 e. The summed E-state index contributed by atoms with van der Waals surface area (Å²) in [4.78, 5) is 24.6. The Balaban J connectivity index is 3.98. The second kappa shape index (κ2) is 31.5. The zero-order valence-electron chi connectivity index (χ0n) is 34.4. The van der Waals surface area contributed by atoms with Crippen molar-refractivity contribution in [1.82, 2.24) is 0 Å². The third kappa shape index (κ3) is 31.3. The molecule has 4 unspecified atom stereocenters. The number of carbonyl (C=O) groups is 2. The van der Waals surface area contributed by atoms with Gasteiger partial charge in [0.1, 0.15) is 25.4 Å². The van der Waals surface area contributed by atoms with Crippen molar-refractivity contribution in [3.63, 3.8) is 0 Å². The maximum atomic E-state index is 12.3. The van der Waals surface area contributed by atoms with Crippen LogP contribution in [-0.4, -0.2) is 90.6 Å². The Labute approximate surface area is 315 Å². The van der Waals surface area contributed by atoms with Crippen LogP contribution in [0.3, 0.4) is 0 Å². The lowest BCUT2D eigenvalue weighted by molar-refractivity contribution is -0.153. The molecule has 0 saturated heterocycles. The zero-order chi connectivity index (χ0) is 38.4. The largest absolute Gasteiger partial charge is 0.463 e. The van der Waals surface area contributed by atoms with Crippen LogP contribution in [-0.2, 0) is 32.7 Å². The first kappa shape index (κ1) is 50.2. The highest BCUT2D eigenvalue weighted by molar-refractivity contribution is 6.84. The maximum Gasteiger partial charge on any atom is 0.308 e. The van der Waals surface area contributed by atoms with E-state index in [1.54, 1.807) is 0 Å². The van der Waals surface area contributed by atoms with E-state index >= 15 is 0 Å². The Bertz CT molecular complexity index is 777. The van der Waals surface area contributed by atoms with Gasteiger partial charge in [0.2, 0.25) is 0 Å². The Hall–Kier alpha value is -0.826. The van der Waals surface area contributed by atoms with Gasteiger partial charge in [0.15, 0.2) is 16.6 Å². The van der Waals surface area contributed by atoms with Gasteiger partial charge >= 0.3 is 11.9 Å². The SMILES string of the molecule is CCCCCCCCCC(C)C(=O)OCC(O)COCCC[Si](C)(C)O[Si](C)(C)CCCOCC(O)COC(=O)C(C)CCCCCCCCC. The van der Waals surface area contributed by atoms with Gasteiger partial charge in [0.05, 0.1) is 25.0 Å². The minimum atomic E-state index is -1.90. The fraction of sp³-hybridized carbons (Fsp3) is 0.950. The van der Waals surface area contributed by atoms with E-state index in [9.17, 15) is 19.8 Å². The third-order valence-electron chi connectivity index (χ3n) is 9.43. The van der Waals surface area contributed by atoms with Gasteiger partial charge in [-0.1, -0.05) is 118 Å². The molecule has 0 rings (SSSR count). The van der Waals surface area contributed by atoms with Crippen molar-refractivity contribution in [2.75, 3.05) is 39.6 Å². The number of unbranched alkanes of at least 4 members (excludes halogenated alkanes) is 12. The molecule has 0 aliphatic heterocycles. The molecule has 304 valence electrons. The summed E-state index contributed by atoms with van der Waals surface area (Å²) in [5.41, 5.74) is 0. The van der Waals surface area contributed by atoms with Crippen molar-refractivity contribution in [2.24, 2.45) is 11.8 Å². The summed E-state index contributed by atoms with van der Waals surface area (Å²) in [6, 6.07) is 1.92. The van der Waals surface area contributed by atoms with E-state index in [1.165, 1.54) is 64.2 Å². The summed E-state index contributed by atoms with van der Waals surface area (Å²) in [7, 11) is -3.79. The first-order valence-electron chi connectivity index (χ1n) is 20.8. The predicted molar refractivity (Wildman–Crippen MR) is 214 cm³/mol. The van der Waals surface area contributed by atoms with E-state index in [4.69, 9.17) is 23.1 Å². The molecule has 0 spiro atoms. The molecule has 0 aromatic rings. The van der Waals surface area contributed by atoms with Gasteiger partial charge in [-0.3, -0.25) is 9.59 Å². The summed E-state index contributed by atoms with van der Waals surface area (Å²) in [6.45, 7) is 18.5. The molecule has 0 saturated carbocycles. The van der Waals surface area contributed by atoms with E-state index < -0.39 is 28.8 Å². The van der Waals surface area contributed by atoms with Crippen LogP contribution < -0.4 is 0 Å². The summed E-state index contributed by atoms with van der Waals surface area (Å²) < 4.78 is 28.8. The number of esters is 2. The highest BCUT2D eigenvalue weighted by Gasteiger charge is 2.32. The molecular weight excluding hydrogens is 681 g/mol. The smallest absolute Gasteiger partial charge is 0.308 e. The van der Waals surface area contributed by atoms with Gasteiger partial charge in [-0.25, -0.2) is 0 Å². The van der Waals surface area contributed by atoms with Crippen molar-refractivity contribution >= 4 is 28.6 Å². The molecule has 0 fully saturated rings. The lowest BCUT2D eigenvalue weighted by Gasteiger charge is -2.34. The number of carbonyl (C=O) groups excluding carboxylic acids is 2. The van der Waals surface area contributed by atoms with Crippen molar-refractivity contribution in [2.45, 2.75) is 194 Å². The molecule has 0 radical (unpaired) electrons. The van der Waals surface area contributed by atoms with Crippen LogP contribution in [0.5, 0.6) is 0 Å². The molecule has 0 aromatic carbocycles. The maximum absolute atomic E-state index is 12.3. The molecule has 2 N–H and O–H groups in total. The molecule has 0 bridgehead atoms. The molecule has 0 heterocycles. The normalized spacial score (nSPS) is 14.6. The number of rotatable bonds is 36. The van der Waals surface area contributed by atoms with Crippen LogP contribution in [0.25, 0.3) is 0 Å². The molecule has 51 heavy (non-hydrogen) atoms. The highest BCUT2D eigenvalue weighted by atomic mass is 28.4. The van der Waals surface area contributed by atoms with E-state index in [0.717, 1.165) is 63.5 Å². The minimum absolute atomic E-state index is 0.0296. The van der Waals surface area contributed by atoms with Gasteiger partial charge in [-0.2, -0.15) is 0 Å². The fourth-order valence-electron chi connectivity index (χ4n) is 6.28. The van der Waals surface area contributed by atoms with Crippen molar-refractivity contribution in [3.8, 4) is 0 Å². The third-order valence-corrected chi connectivity index (χ3v) is 17.0. The molecule has 4 atom stereocenters. The first-order valence-corrected chi connectivity index (χ1v) is 27.0. The van der Waals surface area contributed by atoms with Gasteiger partial charge in [-0.15, -0.1) is 0 Å². The van der Waals surface area contributed by atoms with Crippen LogP contribution >= 0.6 is 0 Å². The lowest BCUT2D eigenvalue weighted by atomic mass is 10.0. The van der Waals surface area contributed by atoms with Gasteiger partial charge in [0.25, 0.3) is 0 Å². The fourth-order valence-corrected chi connectivity index (χ4v) is 15.1. The second-order valence-electron chi connectivity index (χ2n) is 16.2. The quantitative estimate of drug-likeness (QED) is 0.0365. The highest BCUT2D eigenvalue weighted by Crippen LogP contribution is 2.24. The van der Waals surface area contributed by atoms with E-state index in [1.807, 2.05) is 13.8 Å². The van der Waals surface area contributed by atoms with E-state index in [0.29, 0.717) is 13.2 Å². The lowest BCUT2D eigenvalue weighted by Crippen LogP contribution is -2.44. The summed E-state index contributed by atoms with van der Waals surface area (Å²) in [5.74, 6) is -0.763. The monoisotopic (exact) mass is 763 g/mol. The average Bonchev–Trinajstić information content (AvgIpc) is 3.07. The Morgan fingerprint density at radius 1 is 0.510 bits per heavy atom. The van der Waals surface area contributed by atoms with E-state index in [2.05, 4.69) is 40.0 Å². The van der Waals surface area contributed by atoms with Crippen LogP contribution in [0, 0.1) is 11.8 Å². The number of hydrogen-bond donors (Lipinski definition) is 2. The van der Waals surface area contributed by atoms with Crippen molar-refractivity contribution < 1.29 is 42.9 Å². The number of ether oxygens (including phenoxy) is 4. The molecule has 0 aromatic heterocycles. The average molecular weight is 763 g/mol. The Kier molecular flexibility index (Phi) is 31.0. The van der Waals surface area contributed by atoms with Crippen LogP contribution in [0.15, 0.2) is 0 Å². The predicted octanol–water partition coefficient (Wildman–Crippen LogP) is 9.59. The Morgan fingerprint density at radius 2 is 0.843 bits per heavy atom. The van der Waals surface area contributed by atoms with Crippen molar-refractivity contribution in [1.29, 1.82) is 0 Å².